The van der Waals surface area contributed by atoms with Gasteiger partial charge >= 0.3 is 0 Å². The quantitative estimate of drug-likeness (QED) is 0.382. The summed E-state index contributed by atoms with van der Waals surface area (Å²) in [6.07, 6.45) is 1.05. The van der Waals surface area contributed by atoms with E-state index in [4.69, 9.17) is 4.74 Å². The van der Waals surface area contributed by atoms with Crippen LogP contribution in [0.25, 0.3) is 5.69 Å². The molecular weight excluding hydrogens is 462 g/mol. The number of allylic oxidation sites excluding steroid dienone is 2. The molecule has 6 rings (SSSR count). The maximum Gasteiger partial charge on any atom is 0.277 e. The van der Waals surface area contributed by atoms with Crippen LogP contribution in [0.4, 0.5) is 5.82 Å². The average molecular weight is 486 g/mol. The zero-order valence-electron chi connectivity index (χ0n) is 18.9. The van der Waals surface area contributed by atoms with Crippen molar-refractivity contribution in [2.24, 2.45) is 0 Å². The summed E-state index contributed by atoms with van der Waals surface area (Å²) in [6.45, 7) is 0. The number of ketones is 1. The van der Waals surface area contributed by atoms with Crippen molar-refractivity contribution in [1.29, 1.82) is 0 Å². The topological polar surface area (TPSA) is 96.4 Å². The molecule has 3 N–H and O–H groups in total. The van der Waals surface area contributed by atoms with Gasteiger partial charge in [0.15, 0.2) is 17.3 Å². The lowest BCUT2D eigenvalue weighted by Crippen LogP contribution is -2.31. The van der Waals surface area contributed by atoms with Crippen LogP contribution >= 0.6 is 11.3 Å². The Kier molecular flexibility index (Phi) is 5.11. The fourth-order valence-electron chi connectivity index (χ4n) is 5.20. The number of hydrogen-bond donors (Lipinski definition) is 3. The number of hydrogen-bond acceptors (Lipinski definition) is 6. The maximum atomic E-state index is 13.7. The number of thiophene rings is 1. The molecule has 2 aromatic heterocycles. The molecule has 176 valence electrons. The standard InChI is InChI=1S/C27H23N3O4S/c1-34-21-10-9-15(13-19(21)31)23-24-18(12-16(14-20(24)32)22-8-5-11-35-22)28-26-25(23)27(33)30(29-26)17-6-3-2-4-7-17/h2-11,13,16,23,28-29,31H,12,14H2,1H3. The second-order valence-electron chi connectivity index (χ2n) is 8.80. The fourth-order valence-corrected chi connectivity index (χ4v) is 6.03. The lowest BCUT2D eigenvalue weighted by Gasteiger charge is -2.34. The summed E-state index contributed by atoms with van der Waals surface area (Å²) < 4.78 is 6.71. The van der Waals surface area contributed by atoms with Gasteiger partial charge in [-0.2, -0.15) is 0 Å². The number of benzene rings is 2. The monoisotopic (exact) mass is 485 g/mol. The van der Waals surface area contributed by atoms with Crippen LogP contribution in [0.1, 0.15) is 40.7 Å². The maximum absolute atomic E-state index is 13.7. The van der Waals surface area contributed by atoms with Crippen molar-refractivity contribution < 1.29 is 14.6 Å². The number of para-hydroxylation sites is 1. The highest BCUT2D eigenvalue weighted by Crippen LogP contribution is 2.48. The number of Topliss-reactive ketones (excluding diaryl/α,β-unsaturated/α-hetero) is 1. The molecule has 0 saturated carbocycles. The van der Waals surface area contributed by atoms with Gasteiger partial charge in [-0.15, -0.1) is 11.3 Å². The van der Waals surface area contributed by atoms with E-state index >= 15 is 0 Å². The van der Waals surface area contributed by atoms with Gasteiger partial charge in [-0.25, -0.2) is 4.68 Å². The second-order valence-corrected chi connectivity index (χ2v) is 9.78. The van der Waals surface area contributed by atoms with E-state index in [1.165, 1.54) is 16.7 Å². The molecule has 2 unspecified atom stereocenters. The first-order valence-corrected chi connectivity index (χ1v) is 12.3. The van der Waals surface area contributed by atoms with Crippen molar-refractivity contribution in [3.63, 3.8) is 0 Å². The molecule has 3 heterocycles. The van der Waals surface area contributed by atoms with Gasteiger partial charge in [-0.05, 0) is 47.7 Å². The van der Waals surface area contributed by atoms with Crippen molar-refractivity contribution >= 4 is 22.9 Å². The molecule has 7 nitrogen and oxygen atoms in total. The number of rotatable bonds is 4. The van der Waals surface area contributed by atoms with E-state index in [0.29, 0.717) is 46.8 Å². The summed E-state index contributed by atoms with van der Waals surface area (Å²) in [6, 6.07) is 18.4. The molecule has 2 aliphatic rings. The number of fused-ring (bicyclic) bond motifs is 1. The van der Waals surface area contributed by atoms with Gasteiger partial charge in [0.05, 0.1) is 18.4 Å². The molecule has 35 heavy (non-hydrogen) atoms. The Morgan fingerprint density at radius 1 is 1.06 bits per heavy atom. The van der Waals surface area contributed by atoms with Gasteiger partial charge < -0.3 is 15.2 Å². The first kappa shape index (κ1) is 21.5. The van der Waals surface area contributed by atoms with E-state index in [9.17, 15) is 14.7 Å². The number of nitrogens with zero attached hydrogens (tertiary/aromatic N) is 1. The molecule has 4 aromatic rings. The van der Waals surface area contributed by atoms with Crippen LogP contribution in [0.5, 0.6) is 11.5 Å². The molecule has 0 bridgehead atoms. The highest BCUT2D eigenvalue weighted by atomic mass is 32.1. The third-order valence-electron chi connectivity index (χ3n) is 6.78. The van der Waals surface area contributed by atoms with E-state index in [2.05, 4.69) is 16.5 Å². The average Bonchev–Trinajstić information content (AvgIpc) is 3.52. The van der Waals surface area contributed by atoms with Crippen LogP contribution in [0.3, 0.4) is 0 Å². The Hall–Kier alpha value is -4.04. The minimum absolute atomic E-state index is 0.00923. The molecule has 0 fully saturated rings. The minimum atomic E-state index is -0.608. The minimum Gasteiger partial charge on any atom is -0.504 e. The Morgan fingerprint density at radius 3 is 2.60 bits per heavy atom. The number of methoxy groups -OCH3 is 1. The van der Waals surface area contributed by atoms with E-state index in [0.717, 1.165) is 5.70 Å². The van der Waals surface area contributed by atoms with E-state index in [1.54, 1.807) is 29.5 Å². The number of carbonyl (C=O) groups is 1. The first-order valence-electron chi connectivity index (χ1n) is 11.4. The largest absolute Gasteiger partial charge is 0.504 e. The lowest BCUT2D eigenvalue weighted by molar-refractivity contribution is -0.116. The summed E-state index contributed by atoms with van der Waals surface area (Å²) in [4.78, 5) is 28.5. The van der Waals surface area contributed by atoms with Crippen LogP contribution in [0, 0.1) is 0 Å². The van der Waals surface area contributed by atoms with Crippen molar-refractivity contribution in [2.45, 2.75) is 24.7 Å². The molecule has 2 atom stereocenters. The lowest BCUT2D eigenvalue weighted by atomic mass is 9.74. The number of anilines is 1. The summed E-state index contributed by atoms with van der Waals surface area (Å²) in [5.41, 5.74) is 2.99. The van der Waals surface area contributed by atoms with Crippen molar-refractivity contribution in [3.05, 3.63) is 104 Å². The number of aromatic nitrogens is 2. The predicted octanol–water partition coefficient (Wildman–Crippen LogP) is 4.90. The molecule has 2 aromatic carbocycles. The van der Waals surface area contributed by atoms with E-state index in [1.807, 2.05) is 41.8 Å². The smallest absolute Gasteiger partial charge is 0.277 e. The number of ether oxygens (including phenoxy) is 1. The number of carbonyl (C=O) groups excluding carboxylic acids is 1. The number of nitrogens with one attached hydrogen (secondary N) is 2. The Bertz CT molecular complexity index is 1520. The van der Waals surface area contributed by atoms with Gasteiger partial charge in [0, 0.05) is 34.4 Å². The summed E-state index contributed by atoms with van der Waals surface area (Å²) >= 11 is 1.65. The zero-order valence-corrected chi connectivity index (χ0v) is 19.8. The van der Waals surface area contributed by atoms with Crippen LogP contribution < -0.4 is 15.6 Å². The summed E-state index contributed by atoms with van der Waals surface area (Å²) in [7, 11) is 1.48. The van der Waals surface area contributed by atoms with Crippen LogP contribution in [-0.2, 0) is 4.79 Å². The van der Waals surface area contributed by atoms with Crippen molar-refractivity contribution in [1.82, 2.24) is 9.78 Å². The first-order chi connectivity index (χ1) is 17.0. The third kappa shape index (κ3) is 3.49. The Morgan fingerprint density at radius 2 is 1.89 bits per heavy atom. The van der Waals surface area contributed by atoms with Crippen molar-refractivity contribution in [3.8, 4) is 17.2 Å². The summed E-state index contributed by atoms with van der Waals surface area (Å²) in [5.74, 6) is 0.352. The van der Waals surface area contributed by atoms with Crippen LogP contribution in [0.15, 0.2) is 82.1 Å². The SMILES string of the molecule is COc1ccc(C2C3=C(CC(c4cccs4)CC3=O)Nc3[nH]n(-c4ccccc4)c(=O)c32)cc1O. The molecule has 0 amide bonds. The highest BCUT2D eigenvalue weighted by molar-refractivity contribution is 7.10. The summed E-state index contributed by atoms with van der Waals surface area (Å²) in [5, 5.41) is 19.1. The second kappa shape index (κ2) is 8.32. The normalized spacial score (nSPS) is 19.2. The number of phenols is 1. The molecule has 0 spiro atoms. The fraction of sp³-hybridized carbons (Fsp3) is 0.185. The van der Waals surface area contributed by atoms with Gasteiger partial charge in [0.25, 0.3) is 5.56 Å². The zero-order chi connectivity index (χ0) is 24.1. The van der Waals surface area contributed by atoms with Gasteiger partial charge in [-0.3, -0.25) is 14.7 Å². The molecule has 0 saturated heterocycles. The number of phenolic OH excluding ortho intramolecular Hbond substituents is 1. The number of aromatic amines is 1. The molecule has 1 aliphatic carbocycles. The molecule has 0 radical (unpaired) electrons. The van der Waals surface area contributed by atoms with Crippen molar-refractivity contribution in [2.75, 3.05) is 12.4 Å². The van der Waals surface area contributed by atoms with Crippen LogP contribution in [0.2, 0.25) is 0 Å². The van der Waals surface area contributed by atoms with E-state index in [-0.39, 0.29) is 23.0 Å². The van der Waals surface area contributed by atoms with Crippen LogP contribution in [-0.4, -0.2) is 27.8 Å². The third-order valence-corrected chi connectivity index (χ3v) is 7.82. The highest BCUT2D eigenvalue weighted by Gasteiger charge is 2.41. The van der Waals surface area contributed by atoms with Gasteiger partial charge in [0.1, 0.15) is 5.82 Å². The molecule has 8 heteroatoms. The molecular formula is C27H23N3O4S. The predicted molar refractivity (Wildman–Crippen MR) is 135 cm³/mol. The molecule has 1 aliphatic heterocycles. The van der Waals surface area contributed by atoms with E-state index < -0.39 is 5.92 Å². The Labute approximate surface area is 205 Å². The number of aromatic hydroxyl groups is 1. The Balaban J connectivity index is 1.54. The number of H-pyrrole nitrogens is 1. The van der Waals surface area contributed by atoms with Gasteiger partial charge in [0.2, 0.25) is 0 Å². The van der Waals surface area contributed by atoms with Gasteiger partial charge in [-0.1, -0.05) is 30.3 Å².